The quantitative estimate of drug-likeness (QED) is 0.854. The summed E-state index contributed by atoms with van der Waals surface area (Å²) in [5.41, 5.74) is -0.657. The standard InChI is InChI=1S/C14H12F3NO4/c1-3-21-13(20)22-11-7(2)9-5-4-8(14(15,16)17)6-10(9)18-12(11)19/h4-6H,3H2,1-2H3,(H,18,19). The summed E-state index contributed by atoms with van der Waals surface area (Å²) in [6.45, 7) is 3.14. The second-order valence-corrected chi connectivity index (χ2v) is 4.40. The maximum Gasteiger partial charge on any atom is 0.514 e. The van der Waals surface area contributed by atoms with Gasteiger partial charge in [0.25, 0.3) is 5.88 Å². The minimum atomic E-state index is -4.51. The molecule has 0 spiro atoms. The molecule has 22 heavy (non-hydrogen) atoms. The molecular formula is C14H12F3NO4. The number of carbonyl (C=O) groups is 1. The molecular weight excluding hydrogens is 303 g/mol. The Kier molecular flexibility index (Phi) is 4.11. The van der Waals surface area contributed by atoms with Gasteiger partial charge < -0.3 is 14.6 Å². The second kappa shape index (κ2) is 5.70. The van der Waals surface area contributed by atoms with E-state index < -0.39 is 23.8 Å². The van der Waals surface area contributed by atoms with Gasteiger partial charge in [-0.2, -0.15) is 13.2 Å². The molecule has 1 heterocycles. The summed E-state index contributed by atoms with van der Waals surface area (Å²) in [5.74, 6) is -0.928. The van der Waals surface area contributed by atoms with Crippen LogP contribution in [0.3, 0.4) is 0 Å². The summed E-state index contributed by atoms with van der Waals surface area (Å²) in [7, 11) is 0. The molecule has 0 amide bonds. The first-order chi connectivity index (χ1) is 10.2. The van der Waals surface area contributed by atoms with E-state index in [2.05, 4.69) is 9.72 Å². The van der Waals surface area contributed by atoms with Gasteiger partial charge in [-0.3, -0.25) is 0 Å². The van der Waals surface area contributed by atoms with Crippen LogP contribution < -0.4 is 4.74 Å². The molecule has 0 radical (unpaired) electrons. The molecule has 0 saturated heterocycles. The van der Waals surface area contributed by atoms with Gasteiger partial charge >= 0.3 is 12.3 Å². The highest BCUT2D eigenvalue weighted by Gasteiger charge is 2.31. The monoisotopic (exact) mass is 315 g/mol. The number of aromatic nitrogens is 1. The van der Waals surface area contributed by atoms with Crippen LogP contribution in [0.5, 0.6) is 11.6 Å². The van der Waals surface area contributed by atoms with E-state index in [1.165, 1.54) is 13.0 Å². The zero-order valence-corrected chi connectivity index (χ0v) is 11.7. The van der Waals surface area contributed by atoms with Crippen molar-refractivity contribution in [2.75, 3.05) is 6.61 Å². The van der Waals surface area contributed by atoms with Gasteiger partial charge in [-0.1, -0.05) is 6.07 Å². The summed E-state index contributed by atoms with van der Waals surface area (Å²) in [4.78, 5) is 15.0. The topological polar surface area (TPSA) is 68.7 Å². The van der Waals surface area contributed by atoms with Gasteiger partial charge in [0.1, 0.15) is 0 Å². The van der Waals surface area contributed by atoms with Crippen LogP contribution in [-0.4, -0.2) is 22.9 Å². The van der Waals surface area contributed by atoms with Crippen molar-refractivity contribution >= 4 is 17.1 Å². The first kappa shape index (κ1) is 15.9. The highest BCUT2D eigenvalue weighted by molar-refractivity contribution is 5.86. The van der Waals surface area contributed by atoms with E-state index >= 15 is 0 Å². The molecule has 0 bridgehead atoms. The average Bonchev–Trinajstić information content (AvgIpc) is 2.42. The lowest BCUT2D eigenvalue weighted by Crippen LogP contribution is -2.11. The van der Waals surface area contributed by atoms with Crippen LogP contribution in [0, 0.1) is 6.92 Å². The minimum absolute atomic E-state index is 0.0546. The van der Waals surface area contributed by atoms with Gasteiger partial charge in [0.15, 0.2) is 5.75 Å². The highest BCUT2D eigenvalue weighted by atomic mass is 19.4. The average molecular weight is 315 g/mol. The van der Waals surface area contributed by atoms with Gasteiger partial charge in [-0.25, -0.2) is 9.78 Å². The van der Waals surface area contributed by atoms with Crippen LogP contribution in [0.15, 0.2) is 18.2 Å². The molecule has 0 unspecified atom stereocenters. The molecule has 2 rings (SSSR count). The SMILES string of the molecule is CCOC(=O)Oc1c(O)nc2cc(C(F)(F)F)ccc2c1C. The van der Waals surface area contributed by atoms with Crippen molar-refractivity contribution in [1.29, 1.82) is 0 Å². The number of fused-ring (bicyclic) bond motifs is 1. The fraction of sp³-hybridized carbons (Fsp3) is 0.286. The second-order valence-electron chi connectivity index (χ2n) is 4.40. The number of halogens is 3. The highest BCUT2D eigenvalue weighted by Crippen LogP contribution is 2.37. The van der Waals surface area contributed by atoms with Gasteiger partial charge in [-0.15, -0.1) is 0 Å². The molecule has 0 atom stereocenters. The number of benzene rings is 1. The molecule has 0 saturated carbocycles. The normalized spacial score (nSPS) is 11.5. The van der Waals surface area contributed by atoms with E-state index in [-0.39, 0.29) is 23.4 Å². The van der Waals surface area contributed by atoms with Gasteiger partial charge in [-0.05, 0) is 26.0 Å². The summed E-state index contributed by atoms with van der Waals surface area (Å²) in [6.07, 6.45) is -5.55. The maximum atomic E-state index is 12.7. The smallest absolute Gasteiger partial charge is 0.491 e. The lowest BCUT2D eigenvalue weighted by Gasteiger charge is -2.12. The predicted octanol–water partition coefficient (Wildman–Crippen LogP) is 3.80. The van der Waals surface area contributed by atoms with Crippen molar-refractivity contribution in [3.8, 4) is 11.6 Å². The van der Waals surface area contributed by atoms with E-state index in [9.17, 15) is 23.1 Å². The summed E-state index contributed by atoms with van der Waals surface area (Å²) >= 11 is 0. The molecule has 1 N–H and O–H groups in total. The Morgan fingerprint density at radius 3 is 2.64 bits per heavy atom. The molecule has 8 heteroatoms. The van der Waals surface area contributed by atoms with E-state index in [0.29, 0.717) is 5.39 Å². The molecule has 0 aliphatic rings. The molecule has 1 aromatic carbocycles. The van der Waals surface area contributed by atoms with E-state index in [0.717, 1.165) is 12.1 Å². The van der Waals surface area contributed by atoms with Crippen LogP contribution in [0.4, 0.5) is 18.0 Å². The first-order valence-corrected chi connectivity index (χ1v) is 6.29. The van der Waals surface area contributed by atoms with Crippen molar-refractivity contribution < 1.29 is 32.5 Å². The predicted molar refractivity (Wildman–Crippen MR) is 70.8 cm³/mol. The number of hydrogen-bond donors (Lipinski definition) is 1. The Morgan fingerprint density at radius 1 is 1.36 bits per heavy atom. The molecule has 0 fully saturated rings. The summed E-state index contributed by atoms with van der Waals surface area (Å²) in [5, 5.41) is 10.1. The van der Waals surface area contributed by atoms with E-state index in [1.54, 1.807) is 6.92 Å². The van der Waals surface area contributed by atoms with Crippen molar-refractivity contribution in [1.82, 2.24) is 4.98 Å². The van der Waals surface area contributed by atoms with Crippen LogP contribution in [-0.2, 0) is 10.9 Å². The number of ether oxygens (including phenoxy) is 2. The van der Waals surface area contributed by atoms with Crippen LogP contribution in [0.2, 0.25) is 0 Å². The van der Waals surface area contributed by atoms with E-state index in [4.69, 9.17) is 4.74 Å². The molecule has 0 aliphatic heterocycles. The van der Waals surface area contributed by atoms with Gasteiger partial charge in [0.05, 0.1) is 17.7 Å². The molecule has 1 aromatic heterocycles. The Morgan fingerprint density at radius 2 is 2.05 bits per heavy atom. The summed E-state index contributed by atoms with van der Waals surface area (Å²) < 4.78 is 47.4. The Balaban J connectivity index is 2.52. The maximum absolute atomic E-state index is 12.7. The number of aryl methyl sites for hydroxylation is 1. The molecule has 2 aromatic rings. The zero-order chi connectivity index (χ0) is 16.5. The lowest BCUT2D eigenvalue weighted by molar-refractivity contribution is -0.137. The number of pyridine rings is 1. The van der Waals surface area contributed by atoms with Crippen LogP contribution in [0.25, 0.3) is 10.9 Å². The van der Waals surface area contributed by atoms with E-state index in [1.807, 2.05) is 0 Å². The van der Waals surface area contributed by atoms with Crippen LogP contribution >= 0.6 is 0 Å². The molecule has 5 nitrogen and oxygen atoms in total. The number of carbonyl (C=O) groups excluding carboxylic acids is 1. The third-order valence-corrected chi connectivity index (χ3v) is 2.95. The molecule has 0 aliphatic carbocycles. The van der Waals surface area contributed by atoms with Crippen molar-refractivity contribution in [2.24, 2.45) is 0 Å². The fourth-order valence-corrected chi connectivity index (χ4v) is 1.93. The largest absolute Gasteiger partial charge is 0.514 e. The fourth-order valence-electron chi connectivity index (χ4n) is 1.93. The van der Waals surface area contributed by atoms with Crippen molar-refractivity contribution in [2.45, 2.75) is 20.0 Å². The van der Waals surface area contributed by atoms with Crippen molar-refractivity contribution in [3.63, 3.8) is 0 Å². The Hall–Kier alpha value is -2.51. The minimum Gasteiger partial charge on any atom is -0.491 e. The third-order valence-electron chi connectivity index (χ3n) is 2.95. The van der Waals surface area contributed by atoms with Crippen LogP contribution in [0.1, 0.15) is 18.1 Å². The van der Waals surface area contributed by atoms with Gasteiger partial charge in [0, 0.05) is 10.9 Å². The lowest BCUT2D eigenvalue weighted by atomic mass is 10.1. The number of alkyl halides is 3. The Labute approximate surface area is 123 Å². The summed E-state index contributed by atoms with van der Waals surface area (Å²) in [6, 6.07) is 2.91. The third kappa shape index (κ3) is 3.05. The Bertz CT molecular complexity index is 728. The number of rotatable bonds is 2. The first-order valence-electron chi connectivity index (χ1n) is 6.29. The number of aromatic hydroxyl groups is 1. The molecule has 118 valence electrons. The van der Waals surface area contributed by atoms with Crippen molar-refractivity contribution in [3.05, 3.63) is 29.3 Å². The zero-order valence-electron chi connectivity index (χ0n) is 11.7. The van der Waals surface area contributed by atoms with Gasteiger partial charge in [0.2, 0.25) is 0 Å². The number of nitrogens with zero attached hydrogens (tertiary/aromatic N) is 1. The number of hydrogen-bond acceptors (Lipinski definition) is 5.